The first kappa shape index (κ1) is 31.8. The molecule has 3 aromatic carbocycles. The Bertz CT molecular complexity index is 1820. The monoisotopic (exact) mass is 644 g/mol. The molecule has 2 atom stereocenters. The van der Waals surface area contributed by atoms with Crippen molar-refractivity contribution >= 4 is 40.3 Å². The summed E-state index contributed by atoms with van der Waals surface area (Å²) < 4.78 is 7.91. The van der Waals surface area contributed by atoms with Gasteiger partial charge in [-0.1, -0.05) is 24.3 Å². The fourth-order valence-corrected chi connectivity index (χ4v) is 6.75. The number of carbonyl (C=O) groups is 1. The molecule has 5 aromatic rings. The fourth-order valence-electron chi connectivity index (χ4n) is 6.40. The number of aryl methyl sites for hydroxylation is 1. The molecular formula is C38H40N6O2S. The summed E-state index contributed by atoms with van der Waals surface area (Å²) in [5.41, 5.74) is 8.29. The number of rotatable bonds is 11. The summed E-state index contributed by atoms with van der Waals surface area (Å²) in [7, 11) is 0. The Morgan fingerprint density at radius 1 is 0.915 bits per heavy atom. The van der Waals surface area contributed by atoms with Crippen LogP contribution in [-0.4, -0.2) is 40.3 Å². The molecule has 6 rings (SSSR count). The van der Waals surface area contributed by atoms with Crippen LogP contribution in [0.5, 0.6) is 5.75 Å². The van der Waals surface area contributed by atoms with Crippen LogP contribution in [0.25, 0.3) is 5.69 Å². The Balaban J connectivity index is 1.30. The molecule has 2 aromatic heterocycles. The summed E-state index contributed by atoms with van der Waals surface area (Å²) in [6, 6.07) is 33.8. The van der Waals surface area contributed by atoms with E-state index in [1.54, 1.807) is 0 Å². The van der Waals surface area contributed by atoms with Gasteiger partial charge in [-0.05, 0) is 124 Å². The number of nitrogens with one attached hydrogen (secondary N) is 2. The molecule has 1 fully saturated rings. The van der Waals surface area contributed by atoms with E-state index in [0.29, 0.717) is 16.5 Å². The van der Waals surface area contributed by atoms with E-state index in [1.807, 2.05) is 79.0 Å². The second-order valence-corrected chi connectivity index (χ2v) is 11.9. The van der Waals surface area contributed by atoms with Crippen LogP contribution in [0.4, 0.5) is 17.1 Å². The van der Waals surface area contributed by atoms with Gasteiger partial charge in [-0.25, -0.2) is 0 Å². The van der Waals surface area contributed by atoms with Crippen molar-refractivity contribution in [3.05, 3.63) is 132 Å². The summed E-state index contributed by atoms with van der Waals surface area (Å²) >= 11 is 5.99. The van der Waals surface area contributed by atoms with E-state index >= 15 is 0 Å². The highest BCUT2D eigenvalue weighted by atomic mass is 32.1. The molecule has 3 heterocycles. The maximum absolute atomic E-state index is 12.6. The average molecular weight is 645 g/mol. The van der Waals surface area contributed by atoms with Gasteiger partial charge in [0.15, 0.2) is 11.7 Å². The number of pyridine rings is 1. The van der Waals surface area contributed by atoms with Crippen molar-refractivity contribution in [2.75, 3.05) is 34.8 Å². The van der Waals surface area contributed by atoms with Gasteiger partial charge in [0, 0.05) is 53.4 Å². The molecule has 240 valence electrons. The van der Waals surface area contributed by atoms with Crippen molar-refractivity contribution in [2.45, 2.75) is 39.8 Å². The van der Waals surface area contributed by atoms with Crippen LogP contribution in [0.1, 0.15) is 48.6 Å². The topological polar surface area (TPSA) is 74.7 Å². The third-order valence-corrected chi connectivity index (χ3v) is 8.98. The van der Waals surface area contributed by atoms with Gasteiger partial charge >= 0.3 is 0 Å². The zero-order valence-electron chi connectivity index (χ0n) is 27.2. The highest BCUT2D eigenvalue weighted by molar-refractivity contribution is 7.80. The van der Waals surface area contributed by atoms with Crippen molar-refractivity contribution in [1.82, 2.24) is 14.9 Å². The van der Waals surface area contributed by atoms with E-state index in [0.717, 1.165) is 47.1 Å². The van der Waals surface area contributed by atoms with E-state index in [2.05, 4.69) is 83.0 Å². The van der Waals surface area contributed by atoms with E-state index in [9.17, 15) is 4.79 Å². The normalized spacial score (nSPS) is 15.7. The standard InChI is InChI=1S/C38H40N6O2S/c1-5-42(6-2)29-19-21-30(22-20-29)43-26(3)24-33(27(43)4)37-36(34-14-10-11-23-39-34)41-38(47)44(37)31-17-15-28(16-18-31)40-35(45)25-46-32-12-8-7-9-13-32/h7-24,36-37H,5-6,25H2,1-4H3,(H,40,45)(H,41,47)/t36-,37+/m0/s1. The zero-order chi connectivity index (χ0) is 32.9. The first-order valence-electron chi connectivity index (χ1n) is 16.0. The predicted molar refractivity (Wildman–Crippen MR) is 194 cm³/mol. The number of hydrogen-bond donors (Lipinski definition) is 2. The van der Waals surface area contributed by atoms with Gasteiger partial charge in [-0.2, -0.15) is 0 Å². The van der Waals surface area contributed by atoms with Gasteiger partial charge in [-0.15, -0.1) is 0 Å². The molecular weight excluding hydrogens is 605 g/mol. The summed E-state index contributed by atoms with van der Waals surface area (Å²) in [6.45, 7) is 10.5. The number of para-hydroxylation sites is 1. The Morgan fingerprint density at radius 3 is 2.26 bits per heavy atom. The van der Waals surface area contributed by atoms with Gasteiger partial charge in [0.05, 0.1) is 17.8 Å². The number of nitrogens with zero attached hydrogens (tertiary/aromatic N) is 4. The number of thiocarbonyl (C=S) groups is 1. The van der Waals surface area contributed by atoms with E-state index in [4.69, 9.17) is 21.9 Å². The molecule has 0 spiro atoms. The highest BCUT2D eigenvalue weighted by Crippen LogP contribution is 2.44. The van der Waals surface area contributed by atoms with Gasteiger partial charge in [0.1, 0.15) is 5.75 Å². The quantitative estimate of drug-likeness (QED) is 0.144. The third-order valence-electron chi connectivity index (χ3n) is 8.67. The highest BCUT2D eigenvalue weighted by Gasteiger charge is 2.42. The number of aromatic nitrogens is 2. The predicted octanol–water partition coefficient (Wildman–Crippen LogP) is 7.53. The smallest absolute Gasteiger partial charge is 0.262 e. The van der Waals surface area contributed by atoms with Crippen LogP contribution in [0, 0.1) is 13.8 Å². The Labute approximate surface area is 282 Å². The molecule has 0 bridgehead atoms. The van der Waals surface area contributed by atoms with Crippen LogP contribution in [0.2, 0.25) is 0 Å². The third kappa shape index (κ3) is 6.71. The molecule has 1 amide bonds. The molecule has 1 aliphatic heterocycles. The molecule has 8 nitrogen and oxygen atoms in total. The summed E-state index contributed by atoms with van der Waals surface area (Å²) in [5.74, 6) is 0.420. The van der Waals surface area contributed by atoms with E-state index in [-0.39, 0.29) is 24.6 Å². The molecule has 2 N–H and O–H groups in total. The summed E-state index contributed by atoms with van der Waals surface area (Å²) in [4.78, 5) is 21.8. The molecule has 1 saturated heterocycles. The minimum absolute atomic E-state index is 0.0759. The molecule has 0 radical (unpaired) electrons. The molecule has 9 heteroatoms. The SMILES string of the molecule is CCN(CC)c1ccc(-n2c(C)cc([C@@H]3[C@H](c4ccccn4)NC(=S)N3c3ccc(NC(=O)COc4ccccc4)cc3)c2C)cc1. The van der Waals surface area contributed by atoms with Gasteiger partial charge in [-0.3, -0.25) is 9.78 Å². The van der Waals surface area contributed by atoms with Crippen molar-refractivity contribution in [1.29, 1.82) is 0 Å². The first-order chi connectivity index (χ1) is 22.9. The zero-order valence-corrected chi connectivity index (χ0v) is 28.0. The van der Waals surface area contributed by atoms with Gasteiger partial charge < -0.3 is 29.7 Å². The van der Waals surface area contributed by atoms with Gasteiger partial charge in [0.25, 0.3) is 5.91 Å². The lowest BCUT2D eigenvalue weighted by atomic mass is 9.96. The van der Waals surface area contributed by atoms with Crippen LogP contribution in [0.3, 0.4) is 0 Å². The van der Waals surface area contributed by atoms with Crippen molar-refractivity contribution in [3.63, 3.8) is 0 Å². The lowest BCUT2D eigenvalue weighted by molar-refractivity contribution is -0.118. The largest absolute Gasteiger partial charge is 0.484 e. The van der Waals surface area contributed by atoms with Crippen LogP contribution < -0.4 is 25.2 Å². The minimum atomic E-state index is -0.231. The van der Waals surface area contributed by atoms with Crippen molar-refractivity contribution < 1.29 is 9.53 Å². The number of anilines is 3. The number of benzene rings is 3. The molecule has 47 heavy (non-hydrogen) atoms. The van der Waals surface area contributed by atoms with Crippen molar-refractivity contribution in [2.24, 2.45) is 0 Å². The Kier molecular flexibility index (Phi) is 9.54. The minimum Gasteiger partial charge on any atom is -0.484 e. The fraction of sp³-hybridized carbons (Fsp3) is 0.237. The number of amides is 1. The average Bonchev–Trinajstić information content (AvgIpc) is 3.60. The summed E-state index contributed by atoms with van der Waals surface area (Å²) in [6.07, 6.45) is 1.82. The Hall–Kier alpha value is -5.15. The maximum atomic E-state index is 12.6. The Morgan fingerprint density at radius 2 is 1.60 bits per heavy atom. The number of ether oxygens (including phenoxy) is 1. The lowest BCUT2D eigenvalue weighted by Gasteiger charge is -2.28. The second-order valence-electron chi connectivity index (χ2n) is 11.5. The molecule has 0 aliphatic carbocycles. The first-order valence-corrected chi connectivity index (χ1v) is 16.4. The van der Waals surface area contributed by atoms with Crippen LogP contribution >= 0.6 is 12.2 Å². The maximum Gasteiger partial charge on any atom is 0.262 e. The molecule has 0 saturated carbocycles. The summed E-state index contributed by atoms with van der Waals surface area (Å²) in [5, 5.41) is 7.11. The van der Waals surface area contributed by atoms with Crippen molar-refractivity contribution in [3.8, 4) is 11.4 Å². The van der Waals surface area contributed by atoms with Crippen LogP contribution in [0.15, 0.2) is 109 Å². The molecule has 1 aliphatic rings. The van der Waals surface area contributed by atoms with Crippen LogP contribution in [-0.2, 0) is 4.79 Å². The van der Waals surface area contributed by atoms with E-state index in [1.165, 1.54) is 5.69 Å². The van der Waals surface area contributed by atoms with Gasteiger partial charge in [0.2, 0.25) is 0 Å². The van der Waals surface area contributed by atoms with E-state index < -0.39 is 0 Å². The number of hydrogen-bond acceptors (Lipinski definition) is 5. The number of carbonyl (C=O) groups excluding carboxylic acids is 1. The molecule has 0 unspecified atom stereocenters. The second kappa shape index (κ2) is 14.1. The lowest BCUT2D eigenvalue weighted by Crippen LogP contribution is -2.29.